The molecule has 0 amide bonds. The normalized spacial score (nSPS) is 9.09. The van der Waals surface area contributed by atoms with E-state index in [1.54, 1.807) is 0 Å². The quantitative estimate of drug-likeness (QED) is 0.612. The van der Waals surface area contributed by atoms with E-state index in [4.69, 9.17) is 11.0 Å². The fourth-order valence-electron chi connectivity index (χ4n) is 0.980. The Balaban J connectivity index is 3.08. The van der Waals surface area contributed by atoms with E-state index in [0.29, 0.717) is 6.42 Å². The summed E-state index contributed by atoms with van der Waals surface area (Å²) in [7, 11) is 0. The fourth-order valence-corrected chi connectivity index (χ4v) is 0.980. The van der Waals surface area contributed by atoms with Crippen molar-refractivity contribution in [2.75, 3.05) is 5.73 Å². The van der Waals surface area contributed by atoms with Gasteiger partial charge in [0.15, 0.2) is 0 Å². The van der Waals surface area contributed by atoms with Gasteiger partial charge in [0.2, 0.25) is 0 Å². The molecule has 0 fully saturated rings. The first-order chi connectivity index (χ1) is 5.25. The standard InChI is InChI=1S/C9H10N2/c1-7-8(5-6-10)3-2-4-9(7)11/h2-4H,5,11H2,1H3. The van der Waals surface area contributed by atoms with Crippen molar-refractivity contribution in [3.8, 4) is 6.07 Å². The molecule has 2 N–H and O–H groups in total. The van der Waals surface area contributed by atoms with Gasteiger partial charge in [-0.2, -0.15) is 5.26 Å². The zero-order valence-corrected chi connectivity index (χ0v) is 6.46. The lowest BCUT2D eigenvalue weighted by atomic mass is 10.1. The first-order valence-electron chi connectivity index (χ1n) is 3.46. The molecule has 0 saturated heterocycles. The molecule has 0 bridgehead atoms. The van der Waals surface area contributed by atoms with Crippen molar-refractivity contribution in [1.29, 1.82) is 5.26 Å². The third-order valence-electron chi connectivity index (χ3n) is 1.76. The van der Waals surface area contributed by atoms with Gasteiger partial charge in [0.1, 0.15) is 0 Å². The van der Waals surface area contributed by atoms with Gasteiger partial charge in [-0.1, -0.05) is 12.1 Å². The van der Waals surface area contributed by atoms with Gasteiger partial charge in [-0.25, -0.2) is 0 Å². The summed E-state index contributed by atoms with van der Waals surface area (Å²) in [5, 5.41) is 8.44. The van der Waals surface area contributed by atoms with Crippen molar-refractivity contribution in [3.63, 3.8) is 0 Å². The van der Waals surface area contributed by atoms with E-state index in [1.165, 1.54) is 0 Å². The molecule has 0 aromatic heterocycles. The Kier molecular flexibility index (Phi) is 2.12. The predicted octanol–water partition coefficient (Wildman–Crippen LogP) is 1.64. The van der Waals surface area contributed by atoms with Gasteiger partial charge in [-0.15, -0.1) is 0 Å². The second-order valence-corrected chi connectivity index (χ2v) is 2.47. The van der Waals surface area contributed by atoms with Crippen molar-refractivity contribution < 1.29 is 0 Å². The molecule has 0 saturated carbocycles. The van der Waals surface area contributed by atoms with Crippen LogP contribution >= 0.6 is 0 Å². The molecule has 0 atom stereocenters. The largest absolute Gasteiger partial charge is 0.399 e. The smallest absolute Gasteiger partial charge is 0.0669 e. The van der Waals surface area contributed by atoms with Crippen LogP contribution in [0.25, 0.3) is 0 Å². The molecule has 2 heteroatoms. The maximum Gasteiger partial charge on any atom is 0.0669 e. The number of hydrogen-bond acceptors (Lipinski definition) is 2. The lowest BCUT2D eigenvalue weighted by Crippen LogP contribution is -1.93. The van der Waals surface area contributed by atoms with Gasteiger partial charge in [0, 0.05) is 5.69 Å². The number of nitrogens with zero attached hydrogens (tertiary/aromatic N) is 1. The highest BCUT2D eigenvalue weighted by Crippen LogP contribution is 2.15. The Morgan fingerprint density at radius 1 is 1.55 bits per heavy atom. The van der Waals surface area contributed by atoms with Crippen LogP contribution in [0.1, 0.15) is 11.1 Å². The Hall–Kier alpha value is -1.49. The van der Waals surface area contributed by atoms with E-state index in [9.17, 15) is 0 Å². The molecule has 0 unspecified atom stereocenters. The van der Waals surface area contributed by atoms with Crippen molar-refractivity contribution in [2.24, 2.45) is 0 Å². The number of nitrogen functional groups attached to an aromatic ring is 1. The second-order valence-electron chi connectivity index (χ2n) is 2.47. The van der Waals surface area contributed by atoms with E-state index in [-0.39, 0.29) is 0 Å². The van der Waals surface area contributed by atoms with Crippen LogP contribution in [0.5, 0.6) is 0 Å². The summed E-state index contributed by atoms with van der Waals surface area (Å²) in [5.74, 6) is 0. The Morgan fingerprint density at radius 3 is 2.91 bits per heavy atom. The third kappa shape index (κ3) is 1.50. The van der Waals surface area contributed by atoms with Crippen LogP contribution in [0.2, 0.25) is 0 Å². The van der Waals surface area contributed by atoms with Gasteiger partial charge < -0.3 is 5.73 Å². The monoisotopic (exact) mass is 146 g/mol. The molecule has 1 aromatic rings. The molecular formula is C9H10N2. The molecule has 2 nitrogen and oxygen atoms in total. The number of nitrogens with two attached hydrogens (primary N) is 1. The lowest BCUT2D eigenvalue weighted by Gasteiger charge is -2.03. The molecule has 0 spiro atoms. The number of benzene rings is 1. The summed E-state index contributed by atoms with van der Waals surface area (Å²) in [6.07, 6.45) is 0.441. The van der Waals surface area contributed by atoms with Crippen LogP contribution in [0.3, 0.4) is 0 Å². The van der Waals surface area contributed by atoms with Crippen molar-refractivity contribution in [2.45, 2.75) is 13.3 Å². The Labute approximate surface area is 66.3 Å². The maximum absolute atomic E-state index is 8.44. The number of hydrogen-bond donors (Lipinski definition) is 1. The first kappa shape index (κ1) is 7.62. The molecule has 1 rings (SSSR count). The van der Waals surface area contributed by atoms with Gasteiger partial charge in [0.05, 0.1) is 12.5 Å². The van der Waals surface area contributed by atoms with Crippen LogP contribution in [0.15, 0.2) is 18.2 Å². The van der Waals surface area contributed by atoms with E-state index in [1.807, 2.05) is 25.1 Å². The van der Waals surface area contributed by atoms with E-state index in [0.717, 1.165) is 16.8 Å². The van der Waals surface area contributed by atoms with Crippen molar-refractivity contribution >= 4 is 5.69 Å². The molecule has 0 aliphatic rings. The van der Waals surface area contributed by atoms with Gasteiger partial charge in [0.25, 0.3) is 0 Å². The third-order valence-corrected chi connectivity index (χ3v) is 1.76. The van der Waals surface area contributed by atoms with E-state index < -0.39 is 0 Å². The summed E-state index contributed by atoms with van der Waals surface area (Å²) >= 11 is 0. The summed E-state index contributed by atoms with van der Waals surface area (Å²) in [5.41, 5.74) is 8.45. The second kappa shape index (κ2) is 3.07. The van der Waals surface area contributed by atoms with E-state index >= 15 is 0 Å². The predicted molar refractivity (Wildman–Crippen MR) is 44.9 cm³/mol. The molecule has 0 radical (unpaired) electrons. The molecule has 0 aliphatic heterocycles. The minimum Gasteiger partial charge on any atom is -0.399 e. The molecule has 1 aromatic carbocycles. The van der Waals surface area contributed by atoms with Crippen LogP contribution in [-0.2, 0) is 6.42 Å². The van der Waals surface area contributed by atoms with Crippen LogP contribution < -0.4 is 5.73 Å². The summed E-state index contributed by atoms with van der Waals surface area (Å²) in [6.45, 7) is 1.93. The SMILES string of the molecule is Cc1c(N)cccc1CC#N. The van der Waals surface area contributed by atoms with E-state index in [2.05, 4.69) is 6.07 Å². The highest BCUT2D eigenvalue weighted by Gasteiger charge is 1.98. The van der Waals surface area contributed by atoms with Crippen molar-refractivity contribution in [3.05, 3.63) is 29.3 Å². The average molecular weight is 146 g/mol. The highest BCUT2D eigenvalue weighted by molar-refractivity contribution is 5.50. The molecular weight excluding hydrogens is 136 g/mol. The van der Waals surface area contributed by atoms with Gasteiger partial charge >= 0.3 is 0 Å². The van der Waals surface area contributed by atoms with Gasteiger partial charge in [-0.3, -0.25) is 0 Å². The van der Waals surface area contributed by atoms with Crippen molar-refractivity contribution in [1.82, 2.24) is 0 Å². The van der Waals surface area contributed by atoms with Crippen LogP contribution in [0, 0.1) is 18.3 Å². The molecule has 0 heterocycles. The van der Waals surface area contributed by atoms with Crippen LogP contribution in [-0.4, -0.2) is 0 Å². The van der Waals surface area contributed by atoms with Crippen LogP contribution in [0.4, 0.5) is 5.69 Å². The number of nitriles is 1. The maximum atomic E-state index is 8.44. The summed E-state index contributed by atoms with van der Waals surface area (Å²) < 4.78 is 0. The molecule has 11 heavy (non-hydrogen) atoms. The molecule has 56 valence electrons. The first-order valence-corrected chi connectivity index (χ1v) is 3.46. The Morgan fingerprint density at radius 2 is 2.27 bits per heavy atom. The fraction of sp³-hybridized carbons (Fsp3) is 0.222. The Bertz CT molecular complexity index is 297. The highest BCUT2D eigenvalue weighted by atomic mass is 14.6. The lowest BCUT2D eigenvalue weighted by molar-refractivity contribution is 1.22. The average Bonchev–Trinajstić information content (AvgIpc) is 1.99. The zero-order valence-electron chi connectivity index (χ0n) is 6.46. The number of rotatable bonds is 1. The summed E-state index contributed by atoms with van der Waals surface area (Å²) in [6, 6.07) is 7.74. The topological polar surface area (TPSA) is 49.8 Å². The zero-order chi connectivity index (χ0) is 8.27. The minimum absolute atomic E-state index is 0.441. The minimum atomic E-state index is 0.441. The summed E-state index contributed by atoms with van der Waals surface area (Å²) in [4.78, 5) is 0. The molecule has 0 aliphatic carbocycles. The number of anilines is 1. The van der Waals surface area contributed by atoms with Gasteiger partial charge in [-0.05, 0) is 24.1 Å².